The van der Waals surface area contributed by atoms with Gasteiger partial charge in [0.25, 0.3) is 5.56 Å². The Balaban J connectivity index is 2.06. The standard InChI is InChI=1S/C11H12N2O2/c1-7-5-13(6-7)8-2-3-10-9(4-8)11(14)12-15-10/h2-4,7H,5-6H2,1H3,(H,12,14). The molecule has 0 atom stereocenters. The molecule has 4 nitrogen and oxygen atoms in total. The highest BCUT2D eigenvalue weighted by Crippen LogP contribution is 2.26. The zero-order chi connectivity index (χ0) is 10.4. The van der Waals surface area contributed by atoms with Crippen LogP contribution in [0.3, 0.4) is 0 Å². The molecule has 0 unspecified atom stereocenters. The zero-order valence-electron chi connectivity index (χ0n) is 8.49. The number of rotatable bonds is 1. The van der Waals surface area contributed by atoms with Crippen LogP contribution in [0.5, 0.6) is 0 Å². The minimum absolute atomic E-state index is 0.152. The molecule has 0 aliphatic carbocycles. The summed E-state index contributed by atoms with van der Waals surface area (Å²) in [5.74, 6) is 0.753. The van der Waals surface area contributed by atoms with Gasteiger partial charge < -0.3 is 9.42 Å². The van der Waals surface area contributed by atoms with Gasteiger partial charge in [0.05, 0.1) is 5.39 Å². The molecular weight excluding hydrogens is 192 g/mol. The number of hydrogen-bond acceptors (Lipinski definition) is 3. The number of nitrogens with zero attached hydrogens (tertiary/aromatic N) is 1. The molecule has 0 spiro atoms. The maximum absolute atomic E-state index is 11.4. The smallest absolute Gasteiger partial charge is 0.287 e. The number of H-pyrrole nitrogens is 1. The summed E-state index contributed by atoms with van der Waals surface area (Å²) < 4.78 is 5.00. The van der Waals surface area contributed by atoms with Gasteiger partial charge >= 0.3 is 0 Å². The van der Waals surface area contributed by atoms with Crippen LogP contribution in [-0.4, -0.2) is 18.2 Å². The van der Waals surface area contributed by atoms with Gasteiger partial charge in [0.1, 0.15) is 0 Å². The second-order valence-corrected chi connectivity index (χ2v) is 4.22. The Morgan fingerprint density at radius 3 is 3.00 bits per heavy atom. The quantitative estimate of drug-likeness (QED) is 0.767. The average Bonchev–Trinajstić information content (AvgIpc) is 2.56. The van der Waals surface area contributed by atoms with Crippen LogP contribution in [0.2, 0.25) is 0 Å². The molecule has 0 amide bonds. The molecule has 78 valence electrons. The number of aromatic amines is 1. The molecule has 2 aromatic rings. The van der Waals surface area contributed by atoms with E-state index >= 15 is 0 Å². The molecule has 15 heavy (non-hydrogen) atoms. The molecule has 1 aliphatic heterocycles. The van der Waals surface area contributed by atoms with Crippen molar-refractivity contribution in [3.05, 3.63) is 28.6 Å². The summed E-state index contributed by atoms with van der Waals surface area (Å²) >= 11 is 0. The minimum atomic E-state index is -0.152. The van der Waals surface area contributed by atoms with Crippen LogP contribution in [0, 0.1) is 5.92 Å². The van der Waals surface area contributed by atoms with Gasteiger partial charge in [0.2, 0.25) is 0 Å². The van der Waals surface area contributed by atoms with Crippen LogP contribution in [0.4, 0.5) is 5.69 Å². The lowest BCUT2D eigenvalue weighted by Gasteiger charge is -2.39. The highest BCUT2D eigenvalue weighted by atomic mass is 16.5. The van der Waals surface area contributed by atoms with Crippen LogP contribution < -0.4 is 10.5 Å². The highest BCUT2D eigenvalue weighted by Gasteiger charge is 2.23. The molecule has 0 saturated carbocycles. The molecule has 1 aromatic carbocycles. The first-order valence-corrected chi connectivity index (χ1v) is 5.10. The summed E-state index contributed by atoms with van der Waals surface area (Å²) in [7, 11) is 0. The van der Waals surface area contributed by atoms with Crippen molar-refractivity contribution in [2.75, 3.05) is 18.0 Å². The number of fused-ring (bicyclic) bond motifs is 1. The van der Waals surface area contributed by atoms with Gasteiger partial charge in [0, 0.05) is 18.8 Å². The summed E-state index contributed by atoms with van der Waals surface area (Å²) in [6.45, 7) is 4.36. The minimum Gasteiger partial charge on any atom is -0.378 e. The van der Waals surface area contributed by atoms with Crippen molar-refractivity contribution in [2.24, 2.45) is 5.92 Å². The van der Waals surface area contributed by atoms with E-state index in [-0.39, 0.29) is 5.56 Å². The van der Waals surface area contributed by atoms with Crippen molar-refractivity contribution >= 4 is 16.7 Å². The van der Waals surface area contributed by atoms with Gasteiger partial charge in [-0.1, -0.05) is 6.92 Å². The van der Waals surface area contributed by atoms with E-state index in [1.807, 2.05) is 18.2 Å². The van der Waals surface area contributed by atoms with E-state index in [1.54, 1.807) is 0 Å². The average molecular weight is 204 g/mol. The molecule has 1 aromatic heterocycles. The van der Waals surface area contributed by atoms with Crippen molar-refractivity contribution in [3.63, 3.8) is 0 Å². The fourth-order valence-electron chi connectivity index (χ4n) is 2.05. The summed E-state index contributed by atoms with van der Waals surface area (Å²) in [6.07, 6.45) is 0. The fraction of sp³-hybridized carbons (Fsp3) is 0.364. The predicted octanol–water partition coefficient (Wildman–Crippen LogP) is 1.58. The summed E-state index contributed by atoms with van der Waals surface area (Å²) in [5, 5.41) is 2.97. The van der Waals surface area contributed by atoms with Crippen molar-refractivity contribution in [1.82, 2.24) is 5.16 Å². The Kier molecular flexibility index (Phi) is 1.65. The maximum Gasteiger partial charge on any atom is 0.287 e. The molecule has 1 aliphatic rings. The molecule has 1 fully saturated rings. The van der Waals surface area contributed by atoms with E-state index < -0.39 is 0 Å². The molecule has 2 heterocycles. The fourth-order valence-corrected chi connectivity index (χ4v) is 2.05. The summed E-state index contributed by atoms with van der Waals surface area (Å²) in [4.78, 5) is 13.6. The van der Waals surface area contributed by atoms with E-state index in [2.05, 4.69) is 17.0 Å². The number of aromatic nitrogens is 1. The molecule has 3 rings (SSSR count). The Bertz CT molecular complexity index is 549. The number of nitrogens with one attached hydrogen (secondary N) is 1. The summed E-state index contributed by atoms with van der Waals surface area (Å²) in [6, 6.07) is 5.72. The lowest BCUT2D eigenvalue weighted by atomic mass is 10.0. The van der Waals surface area contributed by atoms with E-state index in [1.165, 1.54) is 0 Å². The third kappa shape index (κ3) is 1.25. The molecule has 0 bridgehead atoms. The largest absolute Gasteiger partial charge is 0.378 e. The number of hydrogen-bond donors (Lipinski definition) is 1. The number of benzene rings is 1. The van der Waals surface area contributed by atoms with Crippen LogP contribution in [0.1, 0.15) is 6.92 Å². The highest BCUT2D eigenvalue weighted by molar-refractivity contribution is 5.80. The Labute approximate surface area is 86.5 Å². The number of anilines is 1. The first-order valence-electron chi connectivity index (χ1n) is 5.10. The molecular formula is C11H12N2O2. The van der Waals surface area contributed by atoms with Gasteiger partial charge in [-0.15, -0.1) is 0 Å². The predicted molar refractivity (Wildman–Crippen MR) is 58.2 cm³/mol. The van der Waals surface area contributed by atoms with Gasteiger partial charge in [-0.2, -0.15) is 5.16 Å². The Hall–Kier alpha value is -1.71. The van der Waals surface area contributed by atoms with E-state index in [0.717, 1.165) is 24.7 Å². The Morgan fingerprint density at radius 2 is 2.27 bits per heavy atom. The van der Waals surface area contributed by atoms with Gasteiger partial charge in [0.15, 0.2) is 5.58 Å². The first kappa shape index (κ1) is 8.59. The first-order chi connectivity index (χ1) is 7.24. The van der Waals surface area contributed by atoms with Crippen molar-refractivity contribution in [1.29, 1.82) is 0 Å². The molecule has 1 saturated heterocycles. The summed E-state index contributed by atoms with van der Waals surface area (Å²) in [5.41, 5.74) is 1.57. The van der Waals surface area contributed by atoms with Gasteiger partial charge in [-0.25, -0.2) is 0 Å². The van der Waals surface area contributed by atoms with E-state index in [0.29, 0.717) is 11.0 Å². The topological polar surface area (TPSA) is 49.2 Å². The van der Waals surface area contributed by atoms with Gasteiger partial charge in [-0.3, -0.25) is 4.79 Å². The Morgan fingerprint density at radius 1 is 1.47 bits per heavy atom. The normalized spacial score (nSPS) is 17.0. The van der Waals surface area contributed by atoms with Crippen molar-refractivity contribution in [2.45, 2.75) is 6.92 Å². The van der Waals surface area contributed by atoms with Crippen LogP contribution in [-0.2, 0) is 0 Å². The monoisotopic (exact) mass is 204 g/mol. The third-order valence-corrected chi connectivity index (χ3v) is 2.89. The van der Waals surface area contributed by atoms with Crippen LogP contribution in [0.25, 0.3) is 11.0 Å². The van der Waals surface area contributed by atoms with E-state index in [9.17, 15) is 4.79 Å². The molecule has 4 heteroatoms. The van der Waals surface area contributed by atoms with Crippen molar-refractivity contribution in [3.8, 4) is 0 Å². The lowest BCUT2D eigenvalue weighted by molar-refractivity contribution is 0.446. The second-order valence-electron chi connectivity index (χ2n) is 4.22. The molecule has 1 N–H and O–H groups in total. The molecule has 0 radical (unpaired) electrons. The third-order valence-electron chi connectivity index (χ3n) is 2.89. The van der Waals surface area contributed by atoms with Gasteiger partial charge in [-0.05, 0) is 24.1 Å². The maximum atomic E-state index is 11.4. The van der Waals surface area contributed by atoms with Crippen molar-refractivity contribution < 1.29 is 4.52 Å². The van der Waals surface area contributed by atoms with Crippen LogP contribution in [0.15, 0.2) is 27.5 Å². The zero-order valence-corrected chi connectivity index (χ0v) is 8.49. The van der Waals surface area contributed by atoms with Crippen LogP contribution >= 0.6 is 0 Å². The second kappa shape index (κ2) is 2.89. The van der Waals surface area contributed by atoms with E-state index in [4.69, 9.17) is 4.52 Å². The SMILES string of the molecule is CC1CN(c2ccc3o[nH]c(=O)c3c2)C1. The lowest BCUT2D eigenvalue weighted by Crippen LogP contribution is -2.45.